The van der Waals surface area contributed by atoms with Crippen molar-refractivity contribution in [2.75, 3.05) is 24.5 Å². The van der Waals surface area contributed by atoms with Crippen LogP contribution in [0.3, 0.4) is 0 Å². The van der Waals surface area contributed by atoms with Crippen molar-refractivity contribution in [2.24, 2.45) is 5.92 Å². The van der Waals surface area contributed by atoms with E-state index >= 15 is 0 Å². The van der Waals surface area contributed by atoms with E-state index in [-0.39, 0.29) is 0 Å². The van der Waals surface area contributed by atoms with Gasteiger partial charge in [-0.15, -0.1) is 0 Å². The zero-order chi connectivity index (χ0) is 10.5. The summed E-state index contributed by atoms with van der Waals surface area (Å²) in [7, 11) is 0. The first kappa shape index (κ1) is 8.58. The van der Waals surface area contributed by atoms with Crippen LogP contribution in [0.1, 0.15) is 0 Å². The van der Waals surface area contributed by atoms with Crippen molar-refractivity contribution in [3.63, 3.8) is 0 Å². The Hall–Kier alpha value is -1.55. The molecule has 2 fully saturated rings. The number of furan rings is 1. The summed E-state index contributed by atoms with van der Waals surface area (Å²) >= 11 is 0. The standard InChI is InChI=1S/C12H13N3O/c1-2-16-12-3-9(5-14-10(1)12)15-6-8-4-13-11(8)7-15/h1-3,5,8,11,13H,4,6-7H2/t8-,11+/m1/s1. The number of nitrogens with zero attached hydrogens (tertiary/aromatic N) is 2. The first-order valence-electron chi connectivity index (χ1n) is 5.72. The van der Waals surface area contributed by atoms with Crippen LogP contribution in [-0.4, -0.2) is 30.7 Å². The normalized spacial score (nSPS) is 28.1. The minimum atomic E-state index is 0.687. The van der Waals surface area contributed by atoms with Gasteiger partial charge in [0.1, 0.15) is 5.52 Å². The lowest BCUT2D eigenvalue weighted by Crippen LogP contribution is -2.51. The van der Waals surface area contributed by atoms with Gasteiger partial charge in [-0.2, -0.15) is 0 Å². The largest absolute Gasteiger partial charge is 0.463 e. The zero-order valence-electron chi connectivity index (χ0n) is 8.89. The molecule has 4 heteroatoms. The molecule has 0 aromatic carbocycles. The van der Waals surface area contributed by atoms with Gasteiger partial charge in [0.25, 0.3) is 0 Å². The molecule has 0 radical (unpaired) electrons. The second-order valence-corrected chi connectivity index (χ2v) is 4.68. The lowest BCUT2D eigenvalue weighted by atomic mass is 9.96. The number of fused-ring (bicyclic) bond motifs is 2. The van der Waals surface area contributed by atoms with Crippen molar-refractivity contribution in [3.05, 3.63) is 24.6 Å². The molecule has 0 aliphatic carbocycles. The summed E-state index contributed by atoms with van der Waals surface area (Å²) in [5.74, 6) is 0.826. The molecule has 0 amide bonds. The van der Waals surface area contributed by atoms with Crippen molar-refractivity contribution >= 4 is 16.8 Å². The number of aromatic nitrogens is 1. The summed E-state index contributed by atoms with van der Waals surface area (Å²) in [6.45, 7) is 3.40. The molecule has 2 atom stereocenters. The number of nitrogens with one attached hydrogen (secondary N) is 1. The Morgan fingerprint density at radius 1 is 1.44 bits per heavy atom. The molecule has 82 valence electrons. The van der Waals surface area contributed by atoms with Crippen LogP contribution in [0, 0.1) is 5.92 Å². The Morgan fingerprint density at radius 3 is 3.19 bits per heavy atom. The Morgan fingerprint density at radius 2 is 2.44 bits per heavy atom. The van der Waals surface area contributed by atoms with Gasteiger partial charge in [0.15, 0.2) is 5.58 Å². The lowest BCUT2D eigenvalue weighted by Gasteiger charge is -2.29. The van der Waals surface area contributed by atoms with E-state index in [9.17, 15) is 0 Å². The highest BCUT2D eigenvalue weighted by Crippen LogP contribution is 2.29. The van der Waals surface area contributed by atoms with Crippen molar-refractivity contribution in [1.82, 2.24) is 10.3 Å². The molecule has 4 rings (SSSR count). The van der Waals surface area contributed by atoms with Crippen LogP contribution in [0.2, 0.25) is 0 Å². The summed E-state index contributed by atoms with van der Waals surface area (Å²) in [5, 5.41) is 3.45. The molecule has 2 saturated heterocycles. The van der Waals surface area contributed by atoms with Gasteiger partial charge in [-0.1, -0.05) is 0 Å². The number of rotatable bonds is 1. The number of hydrogen-bond acceptors (Lipinski definition) is 4. The van der Waals surface area contributed by atoms with Crippen LogP contribution < -0.4 is 10.2 Å². The molecular formula is C12H13N3O. The molecule has 16 heavy (non-hydrogen) atoms. The van der Waals surface area contributed by atoms with Crippen LogP contribution in [0.5, 0.6) is 0 Å². The Balaban J connectivity index is 1.70. The fraction of sp³-hybridized carbons (Fsp3) is 0.417. The van der Waals surface area contributed by atoms with Crippen molar-refractivity contribution in [2.45, 2.75) is 6.04 Å². The fourth-order valence-corrected chi connectivity index (χ4v) is 2.67. The number of pyridine rings is 1. The highest BCUT2D eigenvalue weighted by Gasteiger charge is 2.39. The average molecular weight is 215 g/mol. The van der Waals surface area contributed by atoms with Gasteiger partial charge >= 0.3 is 0 Å². The highest BCUT2D eigenvalue weighted by molar-refractivity contribution is 5.76. The molecule has 0 spiro atoms. The van der Waals surface area contributed by atoms with Gasteiger partial charge < -0.3 is 14.6 Å². The quantitative estimate of drug-likeness (QED) is 0.777. The Labute approximate surface area is 93.2 Å². The first-order valence-corrected chi connectivity index (χ1v) is 5.72. The van der Waals surface area contributed by atoms with Gasteiger partial charge in [0.2, 0.25) is 0 Å². The maximum Gasteiger partial charge on any atom is 0.154 e. The van der Waals surface area contributed by atoms with Crippen molar-refractivity contribution < 1.29 is 4.42 Å². The van der Waals surface area contributed by atoms with Crippen LogP contribution in [-0.2, 0) is 0 Å². The monoisotopic (exact) mass is 215 g/mol. The molecule has 2 aromatic rings. The summed E-state index contributed by atoms with van der Waals surface area (Å²) in [4.78, 5) is 6.79. The smallest absolute Gasteiger partial charge is 0.154 e. The minimum Gasteiger partial charge on any atom is -0.463 e. The summed E-state index contributed by atoms with van der Waals surface area (Å²) in [6, 6.07) is 4.67. The van der Waals surface area contributed by atoms with E-state index in [0.29, 0.717) is 6.04 Å². The third-order valence-electron chi connectivity index (χ3n) is 3.74. The third kappa shape index (κ3) is 1.10. The second-order valence-electron chi connectivity index (χ2n) is 4.68. The maximum absolute atomic E-state index is 5.38. The van der Waals surface area contributed by atoms with Crippen molar-refractivity contribution in [3.8, 4) is 0 Å². The summed E-state index contributed by atoms with van der Waals surface area (Å²) in [6.07, 6.45) is 3.64. The van der Waals surface area contributed by atoms with Gasteiger partial charge in [-0.05, 0) is 0 Å². The first-order chi connectivity index (χ1) is 7.90. The highest BCUT2D eigenvalue weighted by atomic mass is 16.3. The SMILES string of the molecule is c1cc2ncc(N3C[C@H]4CN[C@H]4C3)cc2o1. The molecule has 0 bridgehead atoms. The van der Waals surface area contributed by atoms with Crippen LogP contribution in [0.15, 0.2) is 29.0 Å². The van der Waals surface area contributed by atoms with Gasteiger partial charge in [0, 0.05) is 43.7 Å². The molecule has 4 nitrogen and oxygen atoms in total. The molecule has 2 aliphatic heterocycles. The van der Waals surface area contributed by atoms with E-state index in [0.717, 1.165) is 36.7 Å². The van der Waals surface area contributed by atoms with Gasteiger partial charge in [0.05, 0.1) is 18.1 Å². The van der Waals surface area contributed by atoms with Gasteiger partial charge in [-0.3, -0.25) is 4.98 Å². The molecule has 2 aromatic heterocycles. The van der Waals surface area contributed by atoms with Crippen LogP contribution >= 0.6 is 0 Å². The molecule has 4 heterocycles. The molecule has 2 aliphatic rings. The molecule has 0 saturated carbocycles. The number of anilines is 1. The summed E-state index contributed by atoms with van der Waals surface area (Å²) < 4.78 is 5.38. The van der Waals surface area contributed by atoms with Crippen molar-refractivity contribution in [1.29, 1.82) is 0 Å². The summed E-state index contributed by atoms with van der Waals surface area (Å²) in [5.41, 5.74) is 2.99. The third-order valence-corrected chi connectivity index (χ3v) is 3.74. The minimum absolute atomic E-state index is 0.687. The number of hydrogen-bond donors (Lipinski definition) is 1. The van der Waals surface area contributed by atoms with E-state index in [2.05, 4.69) is 21.3 Å². The van der Waals surface area contributed by atoms with E-state index in [4.69, 9.17) is 4.42 Å². The van der Waals surface area contributed by atoms with E-state index < -0.39 is 0 Å². The Kier molecular flexibility index (Phi) is 1.60. The van der Waals surface area contributed by atoms with E-state index in [1.165, 1.54) is 5.69 Å². The molecular weight excluding hydrogens is 202 g/mol. The molecule has 0 unspecified atom stereocenters. The molecule has 1 N–H and O–H groups in total. The van der Waals surface area contributed by atoms with Crippen LogP contribution in [0.25, 0.3) is 11.1 Å². The second kappa shape index (κ2) is 2.98. The zero-order valence-corrected chi connectivity index (χ0v) is 8.89. The Bertz CT molecular complexity index is 524. The van der Waals surface area contributed by atoms with E-state index in [1.54, 1.807) is 6.26 Å². The maximum atomic E-state index is 5.38. The average Bonchev–Trinajstić information content (AvgIpc) is 2.83. The van der Waals surface area contributed by atoms with E-state index in [1.807, 2.05) is 12.3 Å². The topological polar surface area (TPSA) is 41.3 Å². The van der Waals surface area contributed by atoms with Gasteiger partial charge in [-0.25, -0.2) is 0 Å². The fourth-order valence-electron chi connectivity index (χ4n) is 2.67. The van der Waals surface area contributed by atoms with Crippen LogP contribution in [0.4, 0.5) is 5.69 Å². The predicted molar refractivity (Wildman–Crippen MR) is 61.5 cm³/mol. The predicted octanol–water partition coefficient (Wildman–Crippen LogP) is 1.24. The lowest BCUT2D eigenvalue weighted by molar-refractivity contribution is 0.297.